The van der Waals surface area contributed by atoms with E-state index in [0.29, 0.717) is 18.2 Å². The van der Waals surface area contributed by atoms with E-state index in [9.17, 15) is 0 Å². The maximum atomic E-state index is 5.84. The Morgan fingerprint density at radius 2 is 1.20 bits per heavy atom. The Morgan fingerprint density at radius 1 is 0.600 bits per heavy atom. The van der Waals surface area contributed by atoms with E-state index in [-0.39, 0.29) is 0 Å². The Balaban J connectivity index is 1.65. The van der Waals surface area contributed by atoms with Gasteiger partial charge in [-0.1, -0.05) is 46.0 Å². The van der Waals surface area contributed by atoms with E-state index in [1.165, 1.54) is 32.1 Å². The van der Waals surface area contributed by atoms with Crippen molar-refractivity contribution in [1.82, 2.24) is 9.97 Å². The molecule has 0 spiro atoms. The van der Waals surface area contributed by atoms with Crippen molar-refractivity contribution in [3.63, 3.8) is 0 Å². The minimum Gasteiger partial charge on any atom is -0.494 e. The van der Waals surface area contributed by atoms with Gasteiger partial charge >= 0.3 is 0 Å². The second-order valence-electron chi connectivity index (χ2n) is 7.55. The van der Waals surface area contributed by atoms with Crippen LogP contribution in [-0.2, 0) is 4.74 Å². The highest BCUT2D eigenvalue weighted by Crippen LogP contribution is 2.20. The minimum absolute atomic E-state index is 0.656. The van der Waals surface area contributed by atoms with Crippen molar-refractivity contribution < 1.29 is 14.2 Å². The predicted molar refractivity (Wildman–Crippen MR) is 122 cm³/mol. The van der Waals surface area contributed by atoms with Gasteiger partial charge in [0.1, 0.15) is 5.75 Å². The average Bonchev–Trinajstić information content (AvgIpc) is 2.79. The molecule has 166 valence electrons. The molecule has 5 nitrogen and oxygen atoms in total. The van der Waals surface area contributed by atoms with Crippen molar-refractivity contribution in [2.75, 3.05) is 26.4 Å². The van der Waals surface area contributed by atoms with E-state index in [2.05, 4.69) is 23.8 Å². The van der Waals surface area contributed by atoms with Gasteiger partial charge in [0, 0.05) is 18.8 Å². The third-order valence-electron chi connectivity index (χ3n) is 4.81. The zero-order valence-corrected chi connectivity index (χ0v) is 18.8. The van der Waals surface area contributed by atoms with Gasteiger partial charge < -0.3 is 14.2 Å². The molecule has 1 heterocycles. The quantitative estimate of drug-likeness (QED) is 0.278. The van der Waals surface area contributed by atoms with Crippen molar-refractivity contribution in [2.45, 2.75) is 71.6 Å². The van der Waals surface area contributed by atoms with Crippen molar-refractivity contribution in [1.29, 1.82) is 0 Å². The smallest absolute Gasteiger partial charge is 0.159 e. The molecular formula is C25H38N2O3. The first-order chi connectivity index (χ1) is 14.8. The van der Waals surface area contributed by atoms with Crippen LogP contribution < -0.4 is 9.47 Å². The van der Waals surface area contributed by atoms with E-state index in [1.807, 2.05) is 24.3 Å². The normalized spacial score (nSPS) is 10.9. The average molecular weight is 415 g/mol. The number of unbranched alkanes of at least 4 members (excludes halogenated alkanes) is 6. The third kappa shape index (κ3) is 10.1. The molecule has 0 aliphatic heterocycles. The Kier molecular flexibility index (Phi) is 12.6. The van der Waals surface area contributed by atoms with Crippen LogP contribution in [0.15, 0.2) is 36.7 Å². The van der Waals surface area contributed by atoms with Gasteiger partial charge in [-0.25, -0.2) is 9.97 Å². The molecule has 1 aromatic carbocycles. The van der Waals surface area contributed by atoms with Crippen LogP contribution in [0, 0.1) is 0 Å². The van der Waals surface area contributed by atoms with Crippen LogP contribution in [0.25, 0.3) is 11.4 Å². The van der Waals surface area contributed by atoms with Gasteiger partial charge in [-0.3, -0.25) is 0 Å². The number of nitrogens with zero attached hydrogens (tertiary/aromatic N) is 2. The largest absolute Gasteiger partial charge is 0.494 e. The fourth-order valence-corrected chi connectivity index (χ4v) is 3.06. The Labute approximate surface area is 182 Å². The lowest BCUT2D eigenvalue weighted by molar-refractivity contribution is 0.127. The Hall–Kier alpha value is -2.14. The molecule has 0 radical (unpaired) electrons. The van der Waals surface area contributed by atoms with Gasteiger partial charge in [-0.2, -0.15) is 0 Å². The van der Waals surface area contributed by atoms with E-state index in [1.54, 1.807) is 12.4 Å². The molecule has 0 unspecified atom stereocenters. The SMILES string of the molecule is CCCCCCCCOc1ccc(-c2ncc(OCCCCOCCC)cn2)cc1. The van der Waals surface area contributed by atoms with Gasteiger partial charge in [0.2, 0.25) is 0 Å². The molecule has 0 amide bonds. The number of benzene rings is 1. The van der Waals surface area contributed by atoms with Gasteiger partial charge in [0.25, 0.3) is 0 Å². The van der Waals surface area contributed by atoms with Gasteiger partial charge in [0.05, 0.1) is 25.6 Å². The summed E-state index contributed by atoms with van der Waals surface area (Å²) in [6.07, 6.45) is 14.1. The molecule has 5 heteroatoms. The highest BCUT2D eigenvalue weighted by Gasteiger charge is 2.03. The van der Waals surface area contributed by atoms with Gasteiger partial charge in [-0.15, -0.1) is 0 Å². The first kappa shape index (κ1) is 24.1. The number of aromatic nitrogens is 2. The molecule has 0 bridgehead atoms. The summed E-state index contributed by atoms with van der Waals surface area (Å²) in [4.78, 5) is 8.85. The lowest BCUT2D eigenvalue weighted by atomic mass is 10.1. The molecule has 0 saturated heterocycles. The Morgan fingerprint density at radius 3 is 1.90 bits per heavy atom. The van der Waals surface area contributed by atoms with Crippen molar-refractivity contribution in [3.8, 4) is 22.9 Å². The number of hydrogen-bond donors (Lipinski definition) is 0. The standard InChI is InChI=1S/C25H38N2O3/c1-3-5-6-7-8-9-18-29-23-14-12-22(13-15-23)25-26-20-24(21-27-25)30-19-11-10-17-28-16-4-2/h12-15,20-21H,3-11,16-19H2,1-2H3. The van der Waals surface area contributed by atoms with Gasteiger partial charge in [0.15, 0.2) is 11.6 Å². The lowest BCUT2D eigenvalue weighted by Gasteiger charge is -2.08. The molecule has 0 aliphatic rings. The van der Waals surface area contributed by atoms with Crippen molar-refractivity contribution >= 4 is 0 Å². The van der Waals surface area contributed by atoms with Crippen molar-refractivity contribution in [3.05, 3.63) is 36.7 Å². The molecule has 1 aromatic heterocycles. The van der Waals surface area contributed by atoms with E-state index in [0.717, 1.165) is 56.8 Å². The summed E-state index contributed by atoms with van der Waals surface area (Å²) in [7, 11) is 0. The number of ether oxygens (including phenoxy) is 3. The highest BCUT2D eigenvalue weighted by atomic mass is 16.5. The number of hydrogen-bond acceptors (Lipinski definition) is 5. The predicted octanol–water partition coefficient (Wildman–Crippen LogP) is 6.47. The number of rotatable bonds is 17. The summed E-state index contributed by atoms with van der Waals surface area (Å²) in [5.74, 6) is 2.29. The second kappa shape index (κ2) is 15.7. The maximum absolute atomic E-state index is 5.84. The highest BCUT2D eigenvalue weighted by molar-refractivity contribution is 5.56. The fraction of sp³-hybridized carbons (Fsp3) is 0.600. The molecule has 30 heavy (non-hydrogen) atoms. The van der Waals surface area contributed by atoms with Crippen LogP contribution in [-0.4, -0.2) is 36.4 Å². The molecule has 2 aromatic rings. The zero-order chi connectivity index (χ0) is 21.3. The summed E-state index contributed by atoms with van der Waals surface area (Å²) in [5.41, 5.74) is 0.974. The zero-order valence-electron chi connectivity index (χ0n) is 18.8. The summed E-state index contributed by atoms with van der Waals surface area (Å²) in [6.45, 7) is 7.43. The van der Waals surface area contributed by atoms with E-state index < -0.39 is 0 Å². The second-order valence-corrected chi connectivity index (χ2v) is 7.55. The van der Waals surface area contributed by atoms with Crippen LogP contribution >= 0.6 is 0 Å². The van der Waals surface area contributed by atoms with Crippen LogP contribution in [0.1, 0.15) is 71.6 Å². The van der Waals surface area contributed by atoms with E-state index >= 15 is 0 Å². The first-order valence-electron chi connectivity index (χ1n) is 11.6. The molecule has 0 N–H and O–H groups in total. The summed E-state index contributed by atoms with van der Waals surface area (Å²) >= 11 is 0. The molecule has 0 aliphatic carbocycles. The summed E-state index contributed by atoms with van der Waals surface area (Å²) in [5, 5.41) is 0. The van der Waals surface area contributed by atoms with E-state index in [4.69, 9.17) is 14.2 Å². The minimum atomic E-state index is 0.656. The van der Waals surface area contributed by atoms with Gasteiger partial charge in [-0.05, 0) is 49.9 Å². The summed E-state index contributed by atoms with van der Waals surface area (Å²) in [6, 6.07) is 7.98. The van der Waals surface area contributed by atoms with Crippen molar-refractivity contribution in [2.24, 2.45) is 0 Å². The topological polar surface area (TPSA) is 53.5 Å². The maximum Gasteiger partial charge on any atom is 0.159 e. The molecule has 2 rings (SSSR count). The summed E-state index contributed by atoms with van der Waals surface area (Å²) < 4.78 is 17.0. The Bertz CT molecular complexity index is 600. The monoisotopic (exact) mass is 414 g/mol. The molecule has 0 saturated carbocycles. The third-order valence-corrected chi connectivity index (χ3v) is 4.81. The lowest BCUT2D eigenvalue weighted by Crippen LogP contribution is -2.02. The van der Waals surface area contributed by atoms with Crippen LogP contribution in [0.5, 0.6) is 11.5 Å². The van der Waals surface area contributed by atoms with Crippen LogP contribution in [0.2, 0.25) is 0 Å². The molecule has 0 atom stereocenters. The fourth-order valence-electron chi connectivity index (χ4n) is 3.06. The molecular weight excluding hydrogens is 376 g/mol. The first-order valence-corrected chi connectivity index (χ1v) is 11.6. The molecule has 0 fully saturated rings. The van der Waals surface area contributed by atoms with Crippen LogP contribution in [0.4, 0.5) is 0 Å². The van der Waals surface area contributed by atoms with Crippen LogP contribution in [0.3, 0.4) is 0 Å².